The normalized spacial score (nSPS) is 9.56. The third kappa shape index (κ3) is 1.38. The molecule has 0 fully saturated rings. The van der Waals surface area contributed by atoms with Gasteiger partial charge in [-0.15, -0.1) is 0 Å². The fraction of sp³-hybridized carbons (Fsp3) is 0. The van der Waals surface area contributed by atoms with Gasteiger partial charge in [-0.05, 0) is 15.9 Å². The summed E-state index contributed by atoms with van der Waals surface area (Å²) in [5.41, 5.74) is 5.59. The predicted octanol–water partition coefficient (Wildman–Crippen LogP) is 1.57. The molecule has 0 radical (unpaired) electrons. The molecule has 0 unspecified atom stereocenters. The molecule has 0 spiro atoms. The third-order valence-electron chi connectivity index (χ3n) is 0.833. The molecule has 0 aliphatic heterocycles. The molecule has 1 rings (SSSR count). The quantitative estimate of drug-likeness (QED) is 0.632. The van der Waals surface area contributed by atoms with E-state index in [1.807, 2.05) is 0 Å². The maximum absolute atomic E-state index is 12.2. The van der Waals surface area contributed by atoms with Crippen molar-refractivity contribution in [1.82, 2.24) is 4.98 Å². The Balaban J connectivity index is 3.17. The van der Waals surface area contributed by atoms with Crippen molar-refractivity contribution in [2.75, 3.05) is 5.73 Å². The Morgan fingerprint density at radius 1 is 1.67 bits per heavy atom. The molecular weight excluding hydrogens is 187 g/mol. The summed E-state index contributed by atoms with van der Waals surface area (Å²) in [5, 5.41) is 0. The SMILES string of the molecule is Nc1cc(F)cnc1Br. The second-order valence-electron chi connectivity index (χ2n) is 1.53. The van der Waals surface area contributed by atoms with Gasteiger partial charge in [0.25, 0.3) is 0 Å². The van der Waals surface area contributed by atoms with E-state index in [9.17, 15) is 4.39 Å². The first-order chi connectivity index (χ1) is 4.20. The number of pyridine rings is 1. The second kappa shape index (κ2) is 2.31. The van der Waals surface area contributed by atoms with Crippen LogP contribution in [0.25, 0.3) is 0 Å². The smallest absolute Gasteiger partial charge is 0.143 e. The van der Waals surface area contributed by atoms with Crippen LogP contribution in [0, 0.1) is 5.82 Å². The molecule has 0 atom stereocenters. The lowest BCUT2D eigenvalue weighted by Gasteiger charge is -1.93. The number of nitrogens with zero attached hydrogens (tertiary/aromatic N) is 1. The number of aromatic nitrogens is 1. The number of nitrogen functional groups attached to an aromatic ring is 1. The molecule has 0 saturated heterocycles. The molecule has 0 bridgehead atoms. The van der Waals surface area contributed by atoms with Crippen molar-refractivity contribution in [1.29, 1.82) is 0 Å². The zero-order chi connectivity index (χ0) is 6.85. The van der Waals surface area contributed by atoms with E-state index in [0.29, 0.717) is 10.3 Å². The van der Waals surface area contributed by atoms with E-state index in [2.05, 4.69) is 20.9 Å². The summed E-state index contributed by atoms with van der Waals surface area (Å²) in [6.07, 6.45) is 1.10. The first kappa shape index (κ1) is 6.48. The Morgan fingerprint density at radius 3 is 2.78 bits per heavy atom. The van der Waals surface area contributed by atoms with Crippen LogP contribution in [-0.2, 0) is 0 Å². The lowest BCUT2D eigenvalue weighted by Crippen LogP contribution is -1.89. The number of rotatable bonds is 0. The fourth-order valence-electron chi connectivity index (χ4n) is 0.438. The molecule has 1 aromatic heterocycles. The van der Waals surface area contributed by atoms with Gasteiger partial charge < -0.3 is 5.73 Å². The highest BCUT2D eigenvalue weighted by Gasteiger charge is 1.95. The monoisotopic (exact) mass is 190 g/mol. The summed E-state index contributed by atoms with van der Waals surface area (Å²) in [6, 6.07) is 1.21. The molecule has 0 aromatic carbocycles. The zero-order valence-electron chi connectivity index (χ0n) is 4.44. The molecule has 1 aromatic rings. The number of hydrogen-bond donors (Lipinski definition) is 1. The average molecular weight is 191 g/mol. The summed E-state index contributed by atoms with van der Waals surface area (Å²) < 4.78 is 12.7. The summed E-state index contributed by atoms with van der Waals surface area (Å²) >= 11 is 3.03. The van der Waals surface area contributed by atoms with Gasteiger partial charge in [0.2, 0.25) is 0 Å². The van der Waals surface area contributed by atoms with Crippen LogP contribution < -0.4 is 5.73 Å². The number of halogens is 2. The van der Waals surface area contributed by atoms with Crippen molar-refractivity contribution >= 4 is 21.6 Å². The van der Waals surface area contributed by atoms with E-state index in [4.69, 9.17) is 5.73 Å². The van der Waals surface area contributed by atoms with E-state index in [0.717, 1.165) is 6.20 Å². The van der Waals surface area contributed by atoms with Crippen LogP contribution in [0.2, 0.25) is 0 Å². The van der Waals surface area contributed by atoms with Gasteiger partial charge in [0.1, 0.15) is 10.4 Å². The first-order valence-corrected chi connectivity index (χ1v) is 3.06. The number of anilines is 1. The summed E-state index contributed by atoms with van der Waals surface area (Å²) in [4.78, 5) is 3.59. The molecule has 2 N–H and O–H groups in total. The molecule has 0 aliphatic rings. The van der Waals surface area contributed by atoms with Gasteiger partial charge >= 0.3 is 0 Å². The molecule has 1 heterocycles. The molecule has 0 amide bonds. The van der Waals surface area contributed by atoms with Crippen LogP contribution in [0.4, 0.5) is 10.1 Å². The Labute approximate surface area is 60.0 Å². The van der Waals surface area contributed by atoms with Gasteiger partial charge in [-0.3, -0.25) is 0 Å². The van der Waals surface area contributed by atoms with Gasteiger partial charge in [-0.2, -0.15) is 0 Å². The van der Waals surface area contributed by atoms with E-state index in [1.54, 1.807) is 0 Å². The van der Waals surface area contributed by atoms with Gasteiger partial charge in [0, 0.05) is 6.07 Å². The van der Waals surface area contributed by atoms with Gasteiger partial charge in [0.15, 0.2) is 0 Å². The Kier molecular flexibility index (Phi) is 1.66. The van der Waals surface area contributed by atoms with E-state index in [-0.39, 0.29) is 0 Å². The van der Waals surface area contributed by atoms with Crippen LogP contribution in [-0.4, -0.2) is 4.98 Å². The van der Waals surface area contributed by atoms with Gasteiger partial charge in [-0.1, -0.05) is 0 Å². The molecule has 0 aliphatic carbocycles. The van der Waals surface area contributed by atoms with Crippen LogP contribution in [0.3, 0.4) is 0 Å². The number of nitrogens with two attached hydrogens (primary N) is 1. The molecule has 2 nitrogen and oxygen atoms in total. The maximum Gasteiger partial charge on any atom is 0.143 e. The molecule has 0 saturated carbocycles. The molecule has 48 valence electrons. The van der Waals surface area contributed by atoms with Crippen molar-refractivity contribution in [3.05, 3.63) is 22.7 Å². The van der Waals surface area contributed by atoms with Crippen LogP contribution in [0.5, 0.6) is 0 Å². The summed E-state index contributed by atoms with van der Waals surface area (Å²) in [6.45, 7) is 0. The highest BCUT2D eigenvalue weighted by Crippen LogP contribution is 2.15. The van der Waals surface area contributed by atoms with Crippen molar-refractivity contribution < 1.29 is 4.39 Å². The van der Waals surface area contributed by atoms with Crippen molar-refractivity contribution in [3.8, 4) is 0 Å². The third-order valence-corrected chi connectivity index (χ3v) is 1.50. The van der Waals surface area contributed by atoms with Crippen LogP contribution >= 0.6 is 15.9 Å². The van der Waals surface area contributed by atoms with E-state index < -0.39 is 5.82 Å². The minimum Gasteiger partial charge on any atom is -0.396 e. The van der Waals surface area contributed by atoms with E-state index in [1.165, 1.54) is 6.07 Å². The molecule has 9 heavy (non-hydrogen) atoms. The first-order valence-electron chi connectivity index (χ1n) is 2.26. The topological polar surface area (TPSA) is 38.9 Å². The maximum atomic E-state index is 12.2. The Hall–Kier alpha value is -0.640. The molecule has 4 heteroatoms. The highest BCUT2D eigenvalue weighted by atomic mass is 79.9. The van der Waals surface area contributed by atoms with E-state index >= 15 is 0 Å². The fourth-order valence-corrected chi connectivity index (χ4v) is 0.655. The Morgan fingerprint density at radius 2 is 2.33 bits per heavy atom. The standard InChI is InChI=1S/C5H4BrFN2/c6-5-4(8)1-3(7)2-9-5/h1-2H,8H2. The highest BCUT2D eigenvalue weighted by molar-refractivity contribution is 9.10. The van der Waals surface area contributed by atoms with Crippen LogP contribution in [0.1, 0.15) is 0 Å². The van der Waals surface area contributed by atoms with Gasteiger partial charge in [0.05, 0.1) is 11.9 Å². The average Bonchev–Trinajstić information content (AvgIpc) is 1.80. The summed E-state index contributed by atoms with van der Waals surface area (Å²) in [7, 11) is 0. The lowest BCUT2D eigenvalue weighted by atomic mass is 10.4. The van der Waals surface area contributed by atoms with Gasteiger partial charge in [-0.25, -0.2) is 9.37 Å². The van der Waals surface area contributed by atoms with Crippen molar-refractivity contribution in [3.63, 3.8) is 0 Å². The minimum atomic E-state index is -0.421. The zero-order valence-corrected chi connectivity index (χ0v) is 6.02. The minimum absolute atomic E-state index is 0.315. The predicted molar refractivity (Wildman–Crippen MR) is 36.3 cm³/mol. The second-order valence-corrected chi connectivity index (χ2v) is 2.28. The van der Waals surface area contributed by atoms with Crippen molar-refractivity contribution in [2.24, 2.45) is 0 Å². The largest absolute Gasteiger partial charge is 0.396 e. The van der Waals surface area contributed by atoms with Crippen LogP contribution in [0.15, 0.2) is 16.9 Å². The number of hydrogen-bond acceptors (Lipinski definition) is 2. The lowest BCUT2D eigenvalue weighted by molar-refractivity contribution is 0.621. The summed E-state index contributed by atoms with van der Waals surface area (Å²) in [5.74, 6) is -0.421. The molecular formula is C5H4BrFN2. The Bertz CT molecular complexity index is 226. The van der Waals surface area contributed by atoms with Crippen molar-refractivity contribution in [2.45, 2.75) is 0 Å².